The molecule has 7 nitrogen and oxygen atoms in total. The van der Waals surface area contributed by atoms with E-state index in [0.29, 0.717) is 10.3 Å². The van der Waals surface area contributed by atoms with Gasteiger partial charge < -0.3 is 14.4 Å². The van der Waals surface area contributed by atoms with Crippen LogP contribution in [0.15, 0.2) is 79.5 Å². The van der Waals surface area contributed by atoms with Crippen LogP contribution in [0, 0.1) is 4.64 Å². The molecule has 156 valence electrons. The Hall–Kier alpha value is -3.52. The zero-order chi connectivity index (χ0) is 21.2. The van der Waals surface area contributed by atoms with Crippen molar-refractivity contribution in [2.45, 2.75) is 6.04 Å². The number of rotatable bonds is 5. The zero-order valence-corrected chi connectivity index (χ0v) is 17.9. The molecular weight excluding hydrogens is 406 g/mol. The zero-order valence-electron chi connectivity index (χ0n) is 17.1. The van der Waals surface area contributed by atoms with Crippen LogP contribution in [0.1, 0.15) is 11.6 Å². The summed E-state index contributed by atoms with van der Waals surface area (Å²) in [7, 11) is 0. The molecule has 0 spiro atoms. The normalized spacial score (nSPS) is 15.2. The number of pyridine rings is 1. The van der Waals surface area contributed by atoms with E-state index < -0.39 is 0 Å². The molecule has 1 fully saturated rings. The molecule has 0 aliphatic carbocycles. The van der Waals surface area contributed by atoms with Gasteiger partial charge in [0.15, 0.2) is 5.65 Å². The number of anilines is 1. The Labute approximate surface area is 185 Å². The van der Waals surface area contributed by atoms with Crippen molar-refractivity contribution in [1.29, 1.82) is 0 Å². The Morgan fingerprint density at radius 2 is 1.77 bits per heavy atom. The highest BCUT2D eigenvalue weighted by atomic mass is 32.1. The van der Waals surface area contributed by atoms with Gasteiger partial charge in [-0.3, -0.25) is 5.10 Å². The Morgan fingerprint density at radius 1 is 1.00 bits per heavy atom. The summed E-state index contributed by atoms with van der Waals surface area (Å²) in [6.07, 6.45) is 5.36. The largest absolute Gasteiger partial charge is 0.370 e. The highest BCUT2D eigenvalue weighted by Gasteiger charge is 2.26. The van der Waals surface area contributed by atoms with Crippen molar-refractivity contribution in [1.82, 2.24) is 29.6 Å². The molecule has 5 rings (SSSR count). The van der Waals surface area contributed by atoms with Crippen molar-refractivity contribution in [2.75, 3.05) is 31.1 Å². The summed E-state index contributed by atoms with van der Waals surface area (Å²) >= 11 is 5.81. The topological polar surface area (TPSA) is 65.9 Å². The van der Waals surface area contributed by atoms with Gasteiger partial charge in [0, 0.05) is 38.1 Å². The summed E-state index contributed by atoms with van der Waals surface area (Å²) in [4.78, 5) is 13.7. The molecule has 1 N–H and O–H groups in total. The van der Waals surface area contributed by atoms with Gasteiger partial charge in [0.25, 0.3) is 0 Å². The molecule has 1 aliphatic heterocycles. The first kappa shape index (κ1) is 19.4. The highest BCUT2D eigenvalue weighted by Crippen LogP contribution is 2.30. The predicted molar refractivity (Wildman–Crippen MR) is 124 cm³/mol. The molecule has 0 saturated carbocycles. The minimum Gasteiger partial charge on any atom is -0.370 e. The van der Waals surface area contributed by atoms with Gasteiger partial charge in [-0.25, -0.2) is 9.97 Å². The van der Waals surface area contributed by atoms with Crippen molar-refractivity contribution in [3.63, 3.8) is 0 Å². The summed E-state index contributed by atoms with van der Waals surface area (Å²) in [5.41, 5.74) is 2.83. The summed E-state index contributed by atoms with van der Waals surface area (Å²) < 4.78 is 2.72. The Morgan fingerprint density at radius 3 is 2.52 bits per heavy atom. The van der Waals surface area contributed by atoms with Crippen molar-refractivity contribution in [2.24, 2.45) is 0 Å². The fourth-order valence-corrected chi connectivity index (χ4v) is 4.42. The average molecular weight is 430 g/mol. The van der Waals surface area contributed by atoms with Gasteiger partial charge in [-0.05, 0) is 17.7 Å². The van der Waals surface area contributed by atoms with Crippen molar-refractivity contribution in [3.05, 3.63) is 89.7 Å². The van der Waals surface area contributed by atoms with Gasteiger partial charge in [-0.15, -0.1) is 0 Å². The lowest BCUT2D eigenvalue weighted by Crippen LogP contribution is -2.47. The molecule has 4 aromatic rings. The van der Waals surface area contributed by atoms with E-state index in [0.717, 1.165) is 48.6 Å². The number of hydrogen-bond donors (Lipinski definition) is 1. The molecule has 1 aliphatic rings. The van der Waals surface area contributed by atoms with Crippen LogP contribution in [0.3, 0.4) is 0 Å². The summed E-state index contributed by atoms with van der Waals surface area (Å²) in [6, 6.07) is 16.2. The maximum Gasteiger partial charge on any atom is 0.159 e. The first-order valence-corrected chi connectivity index (χ1v) is 10.7. The number of H-pyrrole nitrogens is 1. The van der Waals surface area contributed by atoms with Crippen LogP contribution >= 0.6 is 12.2 Å². The molecule has 0 amide bonds. The maximum atomic E-state index is 5.81. The number of aromatic amines is 1. The quantitative estimate of drug-likeness (QED) is 0.487. The van der Waals surface area contributed by atoms with Gasteiger partial charge in [-0.1, -0.05) is 55.2 Å². The first-order chi connectivity index (χ1) is 15.2. The molecule has 1 unspecified atom stereocenters. The third-order valence-corrected chi connectivity index (χ3v) is 6.19. The molecular formula is C23H23N7S. The number of benzene rings is 1. The first-order valence-electron chi connectivity index (χ1n) is 10.3. The second kappa shape index (κ2) is 8.31. The third kappa shape index (κ3) is 3.70. The standard InChI is InChI=1S/C23H23N7S/c1-17(28-11-13-29(14-12-28)20-9-5-6-10-24-20)21(18-7-3-2-4-8-18)30-16-25-22-19(23(30)31)15-26-27-22/h2-10,15-16,21H,1,11-14H2,(H,26,27). The van der Waals surface area contributed by atoms with Crippen molar-refractivity contribution < 1.29 is 0 Å². The SMILES string of the molecule is C=C(C(c1ccccc1)n1cnc2[nH]ncc2c1=S)N1CCN(c2ccccn2)CC1. The van der Waals surface area contributed by atoms with E-state index in [1.54, 1.807) is 12.5 Å². The molecule has 8 heteroatoms. The van der Waals surface area contributed by atoms with Crippen LogP contribution < -0.4 is 4.90 Å². The lowest BCUT2D eigenvalue weighted by molar-refractivity contribution is 0.294. The van der Waals surface area contributed by atoms with Crippen LogP contribution in [0.25, 0.3) is 11.0 Å². The highest BCUT2D eigenvalue weighted by molar-refractivity contribution is 7.71. The van der Waals surface area contributed by atoms with Gasteiger partial charge in [0.2, 0.25) is 0 Å². The lowest BCUT2D eigenvalue weighted by atomic mass is 10.0. The van der Waals surface area contributed by atoms with Crippen LogP contribution in [-0.4, -0.2) is 55.8 Å². The van der Waals surface area contributed by atoms with Crippen LogP contribution in [-0.2, 0) is 0 Å². The minimum atomic E-state index is -0.137. The molecule has 3 aromatic heterocycles. The van der Waals surface area contributed by atoms with Crippen LogP contribution in [0.4, 0.5) is 5.82 Å². The van der Waals surface area contributed by atoms with Crippen molar-refractivity contribution in [3.8, 4) is 0 Å². The van der Waals surface area contributed by atoms with Crippen molar-refractivity contribution >= 4 is 29.1 Å². The Balaban J connectivity index is 1.45. The van der Waals surface area contributed by atoms with Crippen LogP contribution in [0.2, 0.25) is 0 Å². The van der Waals surface area contributed by atoms with E-state index in [2.05, 4.69) is 54.7 Å². The third-order valence-electron chi connectivity index (χ3n) is 5.76. The predicted octanol–water partition coefficient (Wildman–Crippen LogP) is 3.81. The Bertz CT molecular complexity index is 1240. The number of allylic oxidation sites excluding steroid dienone is 1. The van der Waals surface area contributed by atoms with E-state index >= 15 is 0 Å². The fraction of sp³-hybridized carbons (Fsp3) is 0.217. The van der Waals surface area contributed by atoms with E-state index in [9.17, 15) is 0 Å². The smallest absolute Gasteiger partial charge is 0.159 e. The van der Waals surface area contributed by atoms with Gasteiger partial charge in [0.05, 0.1) is 17.9 Å². The molecule has 1 atom stereocenters. The Kier molecular flexibility index (Phi) is 5.21. The minimum absolute atomic E-state index is 0.137. The van der Waals surface area contributed by atoms with E-state index in [1.165, 1.54) is 0 Å². The molecule has 0 radical (unpaired) electrons. The molecule has 31 heavy (non-hydrogen) atoms. The molecule has 0 bridgehead atoms. The molecule has 1 saturated heterocycles. The van der Waals surface area contributed by atoms with Gasteiger partial charge >= 0.3 is 0 Å². The number of aromatic nitrogens is 5. The summed E-state index contributed by atoms with van der Waals surface area (Å²) in [5, 5.41) is 7.83. The second-order valence-corrected chi connectivity index (χ2v) is 7.94. The van der Waals surface area contributed by atoms with Gasteiger partial charge in [0.1, 0.15) is 16.5 Å². The van der Waals surface area contributed by atoms with E-state index in [4.69, 9.17) is 12.2 Å². The summed E-state index contributed by atoms with van der Waals surface area (Å²) in [6.45, 7) is 8.03. The lowest BCUT2D eigenvalue weighted by Gasteiger charge is -2.40. The number of hydrogen-bond acceptors (Lipinski definition) is 6. The number of nitrogens with zero attached hydrogens (tertiary/aromatic N) is 6. The van der Waals surface area contributed by atoms with Gasteiger partial charge in [-0.2, -0.15) is 5.10 Å². The maximum absolute atomic E-state index is 5.81. The van der Waals surface area contributed by atoms with Crippen LogP contribution in [0.5, 0.6) is 0 Å². The summed E-state index contributed by atoms with van der Waals surface area (Å²) in [5.74, 6) is 1.02. The second-order valence-electron chi connectivity index (χ2n) is 7.56. The monoisotopic (exact) mass is 429 g/mol. The van der Waals surface area contributed by atoms with E-state index in [1.807, 2.05) is 41.1 Å². The van der Waals surface area contributed by atoms with E-state index in [-0.39, 0.29) is 6.04 Å². The molecule has 4 heterocycles. The number of fused-ring (bicyclic) bond motifs is 1. The fourth-order valence-electron chi connectivity index (χ4n) is 4.12. The average Bonchev–Trinajstić information content (AvgIpc) is 3.32. The number of piperazine rings is 1. The molecule has 1 aromatic carbocycles. The number of nitrogens with one attached hydrogen (secondary N) is 1.